The summed E-state index contributed by atoms with van der Waals surface area (Å²) in [5.74, 6) is 0. The number of rotatable bonds is 2. The molecule has 1 N–H and O–H groups in total. The summed E-state index contributed by atoms with van der Waals surface area (Å²) < 4.78 is 0. The van der Waals surface area contributed by atoms with Crippen LogP contribution in [0.2, 0.25) is 15.2 Å². The molecule has 1 aliphatic rings. The minimum atomic E-state index is 0.151. The van der Waals surface area contributed by atoms with Crippen LogP contribution in [0.3, 0.4) is 0 Å². The van der Waals surface area contributed by atoms with Crippen molar-refractivity contribution >= 4 is 34.8 Å². The van der Waals surface area contributed by atoms with Crippen molar-refractivity contribution in [3.8, 4) is 0 Å². The fraction of sp³-hybridized carbons (Fsp3) is 0.545. The Hall–Kier alpha value is -0.0600. The monoisotopic (exact) mass is 293 g/mol. The van der Waals surface area contributed by atoms with Crippen molar-refractivity contribution in [2.24, 2.45) is 0 Å². The Balaban J connectivity index is 2.29. The van der Waals surface area contributed by atoms with Crippen molar-refractivity contribution in [1.29, 1.82) is 0 Å². The molecule has 3 nitrogen and oxygen atoms in total. The predicted molar refractivity (Wildman–Crippen MR) is 72.1 cm³/mol. The van der Waals surface area contributed by atoms with Gasteiger partial charge in [-0.15, -0.1) is 0 Å². The highest BCUT2D eigenvalue weighted by Crippen LogP contribution is 2.36. The predicted octanol–water partition coefficient (Wildman–Crippen LogP) is 3.01. The lowest BCUT2D eigenvalue weighted by Gasteiger charge is -2.33. The number of nitrogens with one attached hydrogen (secondary N) is 1. The van der Waals surface area contributed by atoms with Crippen LogP contribution in [0.4, 0.5) is 0 Å². The fourth-order valence-electron chi connectivity index (χ4n) is 2.09. The lowest BCUT2D eigenvalue weighted by molar-refractivity contribution is 0.185. The Bertz CT molecular complexity index is 405. The molecule has 0 aliphatic carbocycles. The molecule has 0 unspecified atom stereocenters. The molecule has 0 amide bonds. The van der Waals surface area contributed by atoms with Crippen LogP contribution in [0.25, 0.3) is 0 Å². The van der Waals surface area contributed by atoms with Crippen LogP contribution in [0.1, 0.15) is 18.5 Å². The van der Waals surface area contributed by atoms with E-state index in [0.717, 1.165) is 31.7 Å². The van der Waals surface area contributed by atoms with E-state index in [9.17, 15) is 0 Å². The number of hydrogen-bond acceptors (Lipinski definition) is 3. The molecule has 1 aliphatic heterocycles. The fourth-order valence-corrected chi connectivity index (χ4v) is 2.90. The lowest BCUT2D eigenvalue weighted by atomic mass is 10.1. The molecule has 2 heterocycles. The topological polar surface area (TPSA) is 28.2 Å². The number of nitrogens with zero attached hydrogens (tertiary/aromatic N) is 2. The molecular weight excluding hydrogens is 281 g/mol. The second-order valence-corrected chi connectivity index (χ2v) is 5.23. The van der Waals surface area contributed by atoms with E-state index in [1.54, 1.807) is 6.20 Å². The molecule has 2 rings (SSSR count). The highest BCUT2D eigenvalue weighted by Gasteiger charge is 2.23. The van der Waals surface area contributed by atoms with E-state index < -0.39 is 0 Å². The maximum atomic E-state index is 6.19. The summed E-state index contributed by atoms with van der Waals surface area (Å²) in [7, 11) is 0. The van der Waals surface area contributed by atoms with Gasteiger partial charge in [0.25, 0.3) is 0 Å². The largest absolute Gasteiger partial charge is 0.314 e. The van der Waals surface area contributed by atoms with Gasteiger partial charge in [0.2, 0.25) is 0 Å². The first-order valence-corrected chi connectivity index (χ1v) is 6.69. The Morgan fingerprint density at radius 1 is 1.29 bits per heavy atom. The number of pyridine rings is 1. The van der Waals surface area contributed by atoms with E-state index in [0.29, 0.717) is 15.2 Å². The third kappa shape index (κ3) is 2.85. The molecule has 1 atom stereocenters. The zero-order chi connectivity index (χ0) is 12.4. The van der Waals surface area contributed by atoms with Gasteiger partial charge in [0.15, 0.2) is 0 Å². The third-order valence-electron chi connectivity index (χ3n) is 3.08. The van der Waals surface area contributed by atoms with E-state index in [1.807, 2.05) is 0 Å². The summed E-state index contributed by atoms with van der Waals surface area (Å²) in [4.78, 5) is 6.27. The lowest BCUT2D eigenvalue weighted by Crippen LogP contribution is -2.44. The Labute approximate surface area is 116 Å². The number of piperazine rings is 1. The standard InChI is InChI=1S/C11H14Cl3N3/c1-7(17-4-2-15-3-5-17)9-8(12)6-16-11(14)10(9)13/h6-7,15H,2-5H2,1H3/t7-/m1/s1. The van der Waals surface area contributed by atoms with Gasteiger partial charge in [-0.2, -0.15) is 0 Å². The van der Waals surface area contributed by atoms with Gasteiger partial charge < -0.3 is 5.32 Å². The van der Waals surface area contributed by atoms with Crippen molar-refractivity contribution in [2.45, 2.75) is 13.0 Å². The minimum Gasteiger partial charge on any atom is -0.314 e. The number of aromatic nitrogens is 1. The van der Waals surface area contributed by atoms with Gasteiger partial charge >= 0.3 is 0 Å². The summed E-state index contributed by atoms with van der Waals surface area (Å²) >= 11 is 18.3. The van der Waals surface area contributed by atoms with Crippen LogP contribution in [0.15, 0.2) is 6.20 Å². The molecule has 0 aromatic carbocycles. The maximum absolute atomic E-state index is 6.19. The van der Waals surface area contributed by atoms with E-state index in [2.05, 4.69) is 22.1 Å². The molecule has 1 aromatic rings. The second-order valence-electron chi connectivity index (χ2n) is 4.09. The Kier molecular flexibility index (Phi) is 4.50. The molecule has 0 saturated carbocycles. The van der Waals surface area contributed by atoms with Crippen LogP contribution >= 0.6 is 34.8 Å². The molecule has 0 spiro atoms. The first-order chi connectivity index (χ1) is 8.11. The van der Waals surface area contributed by atoms with Crippen molar-refractivity contribution in [3.63, 3.8) is 0 Å². The van der Waals surface area contributed by atoms with Crippen molar-refractivity contribution in [1.82, 2.24) is 15.2 Å². The molecule has 1 aromatic heterocycles. The van der Waals surface area contributed by atoms with Gasteiger partial charge in [-0.05, 0) is 6.92 Å². The average Bonchev–Trinajstić information content (AvgIpc) is 2.35. The van der Waals surface area contributed by atoms with Gasteiger partial charge in [0, 0.05) is 44.0 Å². The minimum absolute atomic E-state index is 0.151. The first kappa shape index (κ1) is 13.4. The Morgan fingerprint density at radius 3 is 2.59 bits per heavy atom. The van der Waals surface area contributed by atoms with Gasteiger partial charge in [0.05, 0.1) is 10.0 Å². The zero-order valence-corrected chi connectivity index (χ0v) is 11.8. The highest BCUT2D eigenvalue weighted by atomic mass is 35.5. The Morgan fingerprint density at radius 2 is 1.94 bits per heavy atom. The van der Waals surface area contributed by atoms with E-state index in [-0.39, 0.29) is 6.04 Å². The second kappa shape index (κ2) is 5.72. The SMILES string of the molecule is C[C@H](c1c(Cl)cnc(Cl)c1Cl)N1CCNCC1. The van der Waals surface area contributed by atoms with Gasteiger partial charge in [0.1, 0.15) is 5.15 Å². The molecule has 1 fully saturated rings. The summed E-state index contributed by atoms with van der Waals surface area (Å²) in [5, 5.41) is 4.67. The van der Waals surface area contributed by atoms with E-state index >= 15 is 0 Å². The first-order valence-electron chi connectivity index (χ1n) is 5.55. The van der Waals surface area contributed by atoms with Crippen LogP contribution in [0, 0.1) is 0 Å². The molecule has 94 valence electrons. The normalized spacial score (nSPS) is 19.3. The van der Waals surface area contributed by atoms with Crippen molar-refractivity contribution in [2.75, 3.05) is 26.2 Å². The number of halogens is 3. The van der Waals surface area contributed by atoms with Crippen molar-refractivity contribution < 1.29 is 0 Å². The third-order valence-corrected chi connectivity index (χ3v) is 4.15. The summed E-state index contributed by atoms with van der Waals surface area (Å²) in [5.41, 5.74) is 0.871. The molecule has 17 heavy (non-hydrogen) atoms. The van der Waals surface area contributed by atoms with Crippen LogP contribution in [-0.4, -0.2) is 36.1 Å². The molecular formula is C11H14Cl3N3. The molecule has 6 heteroatoms. The number of hydrogen-bond donors (Lipinski definition) is 1. The quantitative estimate of drug-likeness (QED) is 0.850. The van der Waals surface area contributed by atoms with Crippen LogP contribution < -0.4 is 5.32 Å². The smallest absolute Gasteiger partial charge is 0.148 e. The van der Waals surface area contributed by atoms with E-state index in [4.69, 9.17) is 34.8 Å². The summed E-state index contributed by atoms with van der Waals surface area (Å²) in [6.45, 7) is 6.02. The van der Waals surface area contributed by atoms with E-state index in [1.165, 1.54) is 0 Å². The molecule has 1 saturated heterocycles. The van der Waals surface area contributed by atoms with Gasteiger partial charge in [-0.1, -0.05) is 34.8 Å². The zero-order valence-electron chi connectivity index (χ0n) is 9.51. The molecule has 0 bridgehead atoms. The van der Waals surface area contributed by atoms with Crippen LogP contribution in [-0.2, 0) is 0 Å². The highest BCUT2D eigenvalue weighted by molar-refractivity contribution is 6.43. The average molecular weight is 295 g/mol. The summed E-state index contributed by atoms with van der Waals surface area (Å²) in [6.07, 6.45) is 1.56. The van der Waals surface area contributed by atoms with Crippen LogP contribution in [0.5, 0.6) is 0 Å². The molecule has 0 radical (unpaired) electrons. The maximum Gasteiger partial charge on any atom is 0.148 e. The van der Waals surface area contributed by atoms with Crippen molar-refractivity contribution in [3.05, 3.63) is 27.0 Å². The van der Waals surface area contributed by atoms with Gasteiger partial charge in [-0.25, -0.2) is 4.98 Å². The van der Waals surface area contributed by atoms with Gasteiger partial charge in [-0.3, -0.25) is 4.90 Å². The summed E-state index contributed by atoms with van der Waals surface area (Å²) in [6, 6.07) is 0.151.